The molecule has 0 radical (unpaired) electrons. The molecular weight excluding hydrogens is 228 g/mol. The molecule has 1 atom stereocenters. The first-order valence-electron chi connectivity index (χ1n) is 5.26. The van der Waals surface area contributed by atoms with Crippen molar-refractivity contribution in [2.45, 2.75) is 18.9 Å². The summed E-state index contributed by atoms with van der Waals surface area (Å²) in [6, 6.07) is 3.20. The van der Waals surface area contributed by atoms with Crippen molar-refractivity contribution < 1.29 is 9.66 Å². The van der Waals surface area contributed by atoms with Crippen LogP contribution in [0.3, 0.4) is 0 Å². The van der Waals surface area contributed by atoms with Crippen LogP contribution in [0.25, 0.3) is 0 Å². The van der Waals surface area contributed by atoms with Crippen LogP contribution in [0.2, 0.25) is 0 Å². The smallest absolute Gasteiger partial charge is 0.324 e. The van der Waals surface area contributed by atoms with E-state index in [1.807, 2.05) is 0 Å². The lowest BCUT2D eigenvalue weighted by molar-refractivity contribution is -0.380. The lowest BCUT2D eigenvalue weighted by Crippen LogP contribution is -2.26. The average Bonchev–Trinajstić information content (AvgIpc) is 2.78. The van der Waals surface area contributed by atoms with E-state index >= 15 is 0 Å². The highest BCUT2D eigenvalue weighted by molar-refractivity contribution is 7.15. The predicted molar refractivity (Wildman–Crippen MR) is 61.4 cm³/mol. The molecule has 0 unspecified atom stereocenters. The van der Waals surface area contributed by atoms with Gasteiger partial charge < -0.3 is 10.5 Å². The minimum absolute atomic E-state index is 0.0948. The van der Waals surface area contributed by atoms with Crippen LogP contribution in [0.1, 0.15) is 23.8 Å². The summed E-state index contributed by atoms with van der Waals surface area (Å²) in [4.78, 5) is 11.1. The van der Waals surface area contributed by atoms with Gasteiger partial charge in [0.05, 0.1) is 4.92 Å². The molecule has 0 saturated carbocycles. The zero-order valence-corrected chi connectivity index (χ0v) is 9.61. The molecule has 0 aromatic carbocycles. The second-order valence-electron chi connectivity index (χ2n) is 3.91. The summed E-state index contributed by atoms with van der Waals surface area (Å²) in [6.45, 7) is 1.48. The molecule has 88 valence electrons. The SMILES string of the molecule is N[C@@H](c1ccc([N+](=O)[O-])s1)C1CCOCC1. The Labute approximate surface area is 97.4 Å². The average molecular weight is 242 g/mol. The molecule has 0 spiro atoms. The van der Waals surface area contributed by atoms with Crippen LogP contribution in [0.4, 0.5) is 5.00 Å². The highest BCUT2D eigenvalue weighted by atomic mass is 32.1. The maximum atomic E-state index is 10.6. The third kappa shape index (κ3) is 2.40. The molecule has 1 fully saturated rings. The highest BCUT2D eigenvalue weighted by Gasteiger charge is 2.24. The van der Waals surface area contributed by atoms with Crippen molar-refractivity contribution in [2.75, 3.05) is 13.2 Å². The third-order valence-corrected chi connectivity index (χ3v) is 4.03. The Morgan fingerprint density at radius 3 is 2.75 bits per heavy atom. The topological polar surface area (TPSA) is 78.4 Å². The Kier molecular flexibility index (Phi) is 3.52. The van der Waals surface area contributed by atoms with Crippen molar-refractivity contribution >= 4 is 16.3 Å². The monoisotopic (exact) mass is 242 g/mol. The third-order valence-electron chi connectivity index (χ3n) is 2.89. The molecule has 1 aromatic heterocycles. The molecular formula is C10H14N2O3S. The zero-order chi connectivity index (χ0) is 11.5. The van der Waals surface area contributed by atoms with Crippen LogP contribution in [0.5, 0.6) is 0 Å². The molecule has 1 aliphatic heterocycles. The molecule has 0 aliphatic carbocycles. The quantitative estimate of drug-likeness (QED) is 0.650. The molecule has 6 heteroatoms. The molecule has 16 heavy (non-hydrogen) atoms. The van der Waals surface area contributed by atoms with E-state index in [4.69, 9.17) is 10.5 Å². The Hall–Kier alpha value is -0.980. The Bertz CT molecular complexity index is 374. The number of hydrogen-bond acceptors (Lipinski definition) is 5. The Balaban J connectivity index is 2.07. The number of ether oxygens (including phenoxy) is 1. The van der Waals surface area contributed by atoms with Gasteiger partial charge in [-0.3, -0.25) is 10.1 Å². The Morgan fingerprint density at radius 2 is 2.19 bits per heavy atom. The van der Waals surface area contributed by atoms with E-state index in [9.17, 15) is 10.1 Å². The molecule has 1 saturated heterocycles. The number of nitrogens with two attached hydrogens (primary N) is 1. The van der Waals surface area contributed by atoms with E-state index in [-0.39, 0.29) is 16.0 Å². The molecule has 0 bridgehead atoms. The minimum Gasteiger partial charge on any atom is -0.381 e. The number of rotatable bonds is 3. The zero-order valence-electron chi connectivity index (χ0n) is 8.80. The van der Waals surface area contributed by atoms with Crippen LogP contribution >= 0.6 is 11.3 Å². The van der Waals surface area contributed by atoms with E-state index in [1.54, 1.807) is 6.07 Å². The van der Waals surface area contributed by atoms with Gasteiger partial charge in [-0.05, 0) is 24.8 Å². The van der Waals surface area contributed by atoms with Crippen molar-refractivity contribution in [3.63, 3.8) is 0 Å². The van der Waals surface area contributed by atoms with Gasteiger partial charge in [-0.15, -0.1) is 0 Å². The van der Waals surface area contributed by atoms with Gasteiger partial charge >= 0.3 is 5.00 Å². The van der Waals surface area contributed by atoms with E-state index in [2.05, 4.69) is 0 Å². The second kappa shape index (κ2) is 4.90. The van der Waals surface area contributed by atoms with Gasteiger partial charge in [-0.1, -0.05) is 11.3 Å². The minimum atomic E-state index is -0.370. The molecule has 2 rings (SSSR count). The highest BCUT2D eigenvalue weighted by Crippen LogP contribution is 2.34. The van der Waals surface area contributed by atoms with Crippen molar-refractivity contribution in [1.29, 1.82) is 0 Å². The molecule has 5 nitrogen and oxygen atoms in total. The lowest BCUT2D eigenvalue weighted by Gasteiger charge is -2.26. The molecule has 2 N–H and O–H groups in total. The van der Waals surface area contributed by atoms with Crippen molar-refractivity contribution in [3.05, 3.63) is 27.1 Å². The van der Waals surface area contributed by atoms with Crippen molar-refractivity contribution in [3.8, 4) is 0 Å². The van der Waals surface area contributed by atoms with Gasteiger partial charge in [0.25, 0.3) is 0 Å². The summed E-state index contributed by atoms with van der Waals surface area (Å²) in [5, 5.41) is 10.7. The fourth-order valence-electron chi connectivity index (χ4n) is 1.93. The number of nitro groups is 1. The van der Waals surface area contributed by atoms with Crippen molar-refractivity contribution in [2.24, 2.45) is 11.7 Å². The van der Waals surface area contributed by atoms with E-state index in [0.717, 1.165) is 30.9 Å². The van der Waals surface area contributed by atoms with Crippen molar-refractivity contribution in [1.82, 2.24) is 0 Å². The van der Waals surface area contributed by atoms with Crippen LogP contribution in [-0.2, 0) is 4.74 Å². The molecule has 0 amide bonds. The normalized spacial score (nSPS) is 19.6. The van der Waals surface area contributed by atoms with Crippen LogP contribution in [-0.4, -0.2) is 18.1 Å². The predicted octanol–water partition coefficient (Wildman–Crippen LogP) is 2.08. The fraction of sp³-hybridized carbons (Fsp3) is 0.600. The Morgan fingerprint density at radius 1 is 1.50 bits per heavy atom. The van der Waals surface area contributed by atoms with Gasteiger partial charge in [0, 0.05) is 30.2 Å². The summed E-state index contributed by atoms with van der Waals surface area (Å²) in [6.07, 6.45) is 1.87. The summed E-state index contributed by atoms with van der Waals surface area (Å²) < 4.78 is 5.27. The molecule has 1 aliphatic rings. The summed E-state index contributed by atoms with van der Waals surface area (Å²) in [5.74, 6) is 0.381. The van der Waals surface area contributed by atoms with Gasteiger partial charge in [-0.25, -0.2) is 0 Å². The first-order valence-corrected chi connectivity index (χ1v) is 6.07. The van der Waals surface area contributed by atoms with Crippen LogP contribution < -0.4 is 5.73 Å². The van der Waals surface area contributed by atoms with Crippen LogP contribution in [0, 0.1) is 16.0 Å². The summed E-state index contributed by atoms with van der Waals surface area (Å²) in [5.41, 5.74) is 6.12. The van der Waals surface area contributed by atoms with E-state index in [1.165, 1.54) is 17.4 Å². The summed E-state index contributed by atoms with van der Waals surface area (Å²) >= 11 is 1.18. The van der Waals surface area contributed by atoms with Gasteiger partial charge in [0.2, 0.25) is 0 Å². The second-order valence-corrected chi connectivity index (χ2v) is 5.00. The molecule has 1 aromatic rings. The standard InChI is InChI=1S/C10H14N2O3S/c11-10(7-3-5-15-6-4-7)8-1-2-9(16-8)12(13)14/h1-2,7,10H,3-6,11H2/t10-/m1/s1. The van der Waals surface area contributed by atoms with E-state index < -0.39 is 0 Å². The molecule has 2 heterocycles. The van der Waals surface area contributed by atoms with Gasteiger partial charge in [-0.2, -0.15) is 0 Å². The maximum absolute atomic E-state index is 10.6. The lowest BCUT2D eigenvalue weighted by atomic mass is 9.91. The van der Waals surface area contributed by atoms with Crippen LogP contribution in [0.15, 0.2) is 12.1 Å². The van der Waals surface area contributed by atoms with Gasteiger partial charge in [0.1, 0.15) is 0 Å². The fourth-order valence-corrected chi connectivity index (χ4v) is 2.84. The maximum Gasteiger partial charge on any atom is 0.324 e. The number of nitrogens with zero attached hydrogens (tertiary/aromatic N) is 1. The van der Waals surface area contributed by atoms with E-state index in [0.29, 0.717) is 5.92 Å². The number of hydrogen-bond donors (Lipinski definition) is 1. The number of thiophene rings is 1. The first kappa shape index (κ1) is 11.5. The van der Waals surface area contributed by atoms with Gasteiger partial charge in [0.15, 0.2) is 0 Å². The first-order chi connectivity index (χ1) is 7.68. The largest absolute Gasteiger partial charge is 0.381 e. The summed E-state index contributed by atoms with van der Waals surface area (Å²) in [7, 11) is 0.